The predicted molar refractivity (Wildman–Crippen MR) is 83.4 cm³/mol. The van der Waals surface area contributed by atoms with Crippen molar-refractivity contribution in [3.63, 3.8) is 0 Å². The molecule has 0 bridgehead atoms. The lowest BCUT2D eigenvalue weighted by molar-refractivity contribution is 0.169. The minimum absolute atomic E-state index is 0.213. The zero-order valence-electron chi connectivity index (χ0n) is 12.6. The monoisotopic (exact) mass is 297 g/mol. The molecule has 1 aliphatic carbocycles. The molecule has 1 aliphatic rings. The van der Waals surface area contributed by atoms with Gasteiger partial charge in [-0.15, -0.1) is 0 Å². The van der Waals surface area contributed by atoms with Gasteiger partial charge in [0.2, 0.25) is 0 Å². The van der Waals surface area contributed by atoms with Crippen LogP contribution in [0.1, 0.15) is 45.6 Å². The van der Waals surface area contributed by atoms with Gasteiger partial charge in [-0.1, -0.05) is 44.9 Å². The van der Waals surface area contributed by atoms with Gasteiger partial charge >= 0.3 is 0 Å². The van der Waals surface area contributed by atoms with Crippen molar-refractivity contribution in [1.29, 1.82) is 0 Å². The summed E-state index contributed by atoms with van der Waals surface area (Å²) in [4.78, 5) is 0. The van der Waals surface area contributed by atoms with Crippen LogP contribution in [0.25, 0.3) is 0 Å². The van der Waals surface area contributed by atoms with Crippen LogP contribution in [0.4, 0.5) is 4.39 Å². The number of hydrogen-bond donors (Lipinski definition) is 1. The molecule has 0 radical (unpaired) electrons. The summed E-state index contributed by atoms with van der Waals surface area (Å²) in [6.45, 7) is 7.39. The van der Waals surface area contributed by atoms with Gasteiger partial charge in [-0.2, -0.15) is 0 Å². The molecular weight excluding hydrogens is 273 g/mol. The molecule has 0 aromatic heterocycles. The molecule has 1 aromatic rings. The van der Waals surface area contributed by atoms with Crippen molar-refractivity contribution in [2.24, 2.45) is 17.8 Å². The average molecular weight is 298 g/mol. The molecule has 0 heterocycles. The first-order chi connectivity index (χ1) is 9.49. The van der Waals surface area contributed by atoms with Crippen molar-refractivity contribution in [2.75, 3.05) is 0 Å². The third-order valence-electron chi connectivity index (χ3n) is 4.62. The summed E-state index contributed by atoms with van der Waals surface area (Å²) in [5.41, 5.74) is 0.592. The molecule has 1 aromatic carbocycles. The van der Waals surface area contributed by atoms with Crippen LogP contribution >= 0.6 is 11.6 Å². The molecule has 0 amide bonds. The highest BCUT2D eigenvalue weighted by Crippen LogP contribution is 2.33. The molecule has 3 heteroatoms. The summed E-state index contributed by atoms with van der Waals surface area (Å²) in [5.74, 6) is 1.88. The van der Waals surface area contributed by atoms with E-state index in [4.69, 9.17) is 11.6 Å². The Morgan fingerprint density at radius 1 is 1.35 bits per heavy atom. The van der Waals surface area contributed by atoms with Gasteiger partial charge in [-0.3, -0.25) is 0 Å². The SMILES string of the molecule is CC1CCC(C(C)C)C(NCc2c(F)cccc2Cl)C1. The van der Waals surface area contributed by atoms with Crippen molar-refractivity contribution < 1.29 is 4.39 Å². The van der Waals surface area contributed by atoms with Gasteiger partial charge in [-0.25, -0.2) is 4.39 Å². The molecular formula is C17H25ClFN. The molecule has 1 saturated carbocycles. The number of nitrogens with one attached hydrogen (secondary N) is 1. The van der Waals surface area contributed by atoms with Gasteiger partial charge in [-0.05, 0) is 42.7 Å². The summed E-state index contributed by atoms with van der Waals surface area (Å²) < 4.78 is 13.8. The van der Waals surface area contributed by atoms with Crippen molar-refractivity contribution in [1.82, 2.24) is 5.32 Å². The first-order valence-corrected chi connectivity index (χ1v) is 8.03. The molecule has 0 saturated heterocycles. The number of benzene rings is 1. The molecule has 0 aliphatic heterocycles. The summed E-state index contributed by atoms with van der Waals surface area (Å²) in [6, 6.07) is 5.35. The Bertz CT molecular complexity index is 426. The fourth-order valence-corrected chi connectivity index (χ4v) is 3.60. The predicted octanol–water partition coefficient (Wildman–Crippen LogP) is 5.03. The van der Waals surface area contributed by atoms with Crippen molar-refractivity contribution in [3.05, 3.63) is 34.6 Å². The average Bonchev–Trinajstić information content (AvgIpc) is 2.37. The van der Waals surface area contributed by atoms with Crippen LogP contribution in [0.3, 0.4) is 0 Å². The fourth-order valence-electron chi connectivity index (χ4n) is 3.37. The second kappa shape index (κ2) is 6.91. The Morgan fingerprint density at radius 2 is 2.10 bits per heavy atom. The lowest BCUT2D eigenvalue weighted by Crippen LogP contribution is -2.42. The highest BCUT2D eigenvalue weighted by Gasteiger charge is 2.30. The van der Waals surface area contributed by atoms with Crippen LogP contribution in [0.15, 0.2) is 18.2 Å². The van der Waals surface area contributed by atoms with Gasteiger partial charge in [0.05, 0.1) is 0 Å². The van der Waals surface area contributed by atoms with Crippen LogP contribution in [0, 0.1) is 23.6 Å². The fraction of sp³-hybridized carbons (Fsp3) is 0.647. The van der Waals surface area contributed by atoms with Crippen molar-refractivity contribution in [2.45, 2.75) is 52.6 Å². The minimum atomic E-state index is -0.213. The Balaban J connectivity index is 2.04. The molecule has 1 fully saturated rings. The van der Waals surface area contributed by atoms with Gasteiger partial charge in [0.15, 0.2) is 0 Å². The summed E-state index contributed by atoms with van der Waals surface area (Å²) in [7, 11) is 0. The topological polar surface area (TPSA) is 12.0 Å². The highest BCUT2D eigenvalue weighted by molar-refractivity contribution is 6.31. The Morgan fingerprint density at radius 3 is 2.75 bits per heavy atom. The van der Waals surface area contributed by atoms with E-state index in [1.54, 1.807) is 12.1 Å². The molecule has 0 spiro atoms. The summed E-state index contributed by atoms with van der Waals surface area (Å²) in [5, 5.41) is 4.07. The lowest BCUT2D eigenvalue weighted by Gasteiger charge is -2.38. The van der Waals surface area contributed by atoms with Crippen molar-refractivity contribution >= 4 is 11.6 Å². The third-order valence-corrected chi connectivity index (χ3v) is 4.98. The van der Waals surface area contributed by atoms with Gasteiger partial charge in [0.25, 0.3) is 0 Å². The third kappa shape index (κ3) is 3.73. The maximum Gasteiger partial charge on any atom is 0.129 e. The Hall–Kier alpha value is -0.600. The zero-order valence-corrected chi connectivity index (χ0v) is 13.4. The Kier molecular flexibility index (Phi) is 5.45. The van der Waals surface area contributed by atoms with E-state index >= 15 is 0 Å². The van der Waals surface area contributed by atoms with Crippen LogP contribution < -0.4 is 5.32 Å². The first-order valence-electron chi connectivity index (χ1n) is 7.65. The van der Waals surface area contributed by atoms with Crippen LogP contribution in [-0.4, -0.2) is 6.04 Å². The van der Waals surface area contributed by atoms with E-state index in [0.717, 1.165) is 5.92 Å². The van der Waals surface area contributed by atoms with E-state index < -0.39 is 0 Å². The molecule has 3 atom stereocenters. The minimum Gasteiger partial charge on any atom is -0.309 e. The van der Waals surface area contributed by atoms with E-state index in [2.05, 4.69) is 26.1 Å². The van der Waals surface area contributed by atoms with Gasteiger partial charge in [0.1, 0.15) is 5.82 Å². The zero-order chi connectivity index (χ0) is 14.7. The van der Waals surface area contributed by atoms with Crippen molar-refractivity contribution in [3.8, 4) is 0 Å². The van der Waals surface area contributed by atoms with E-state index in [1.165, 1.54) is 25.3 Å². The van der Waals surface area contributed by atoms with E-state index in [9.17, 15) is 4.39 Å². The van der Waals surface area contributed by atoms with Crippen LogP contribution in [0.2, 0.25) is 5.02 Å². The molecule has 3 unspecified atom stereocenters. The first kappa shape index (κ1) is 15.8. The summed E-state index contributed by atoms with van der Waals surface area (Å²) >= 11 is 6.09. The largest absolute Gasteiger partial charge is 0.309 e. The number of rotatable bonds is 4. The quantitative estimate of drug-likeness (QED) is 0.822. The maximum atomic E-state index is 13.8. The second-order valence-corrected chi connectivity index (χ2v) is 6.92. The van der Waals surface area contributed by atoms with E-state index in [-0.39, 0.29) is 5.82 Å². The maximum absolute atomic E-state index is 13.8. The molecule has 1 nitrogen and oxygen atoms in total. The lowest BCUT2D eigenvalue weighted by atomic mass is 9.74. The standard InChI is InChI=1S/C17H25ClFN/c1-11(2)13-8-7-12(3)9-17(13)20-10-14-15(18)5-4-6-16(14)19/h4-6,11-13,17,20H,7-10H2,1-3H3. The van der Waals surface area contributed by atoms with Gasteiger partial charge in [0, 0.05) is 23.2 Å². The summed E-state index contributed by atoms with van der Waals surface area (Å²) in [6.07, 6.45) is 3.75. The van der Waals surface area contributed by atoms with E-state index in [1.807, 2.05) is 0 Å². The van der Waals surface area contributed by atoms with Crippen LogP contribution in [0.5, 0.6) is 0 Å². The molecule has 2 rings (SSSR count). The smallest absolute Gasteiger partial charge is 0.129 e. The van der Waals surface area contributed by atoms with Gasteiger partial charge < -0.3 is 5.32 Å². The number of hydrogen-bond acceptors (Lipinski definition) is 1. The highest BCUT2D eigenvalue weighted by atomic mass is 35.5. The second-order valence-electron chi connectivity index (χ2n) is 6.51. The Labute approximate surface area is 126 Å². The molecule has 1 N–H and O–H groups in total. The number of halogens is 2. The normalized spacial score (nSPS) is 27.0. The molecule has 20 heavy (non-hydrogen) atoms. The van der Waals surface area contributed by atoms with E-state index in [0.29, 0.717) is 35.0 Å². The molecule has 112 valence electrons. The van der Waals surface area contributed by atoms with Crippen LogP contribution in [-0.2, 0) is 6.54 Å².